The number of aromatic nitrogens is 3. The number of rotatable bonds is 8. The average molecular weight is 486 g/mol. The maximum Gasteiger partial charge on any atom is 0.264 e. The number of sulfone groups is 1. The molecule has 0 aliphatic heterocycles. The minimum Gasteiger partial charge on any atom is -0.347 e. The first kappa shape index (κ1) is 25.1. The summed E-state index contributed by atoms with van der Waals surface area (Å²) in [5.74, 6) is -0.420. The van der Waals surface area contributed by atoms with Crippen LogP contribution in [0.25, 0.3) is 22.3 Å². The van der Waals surface area contributed by atoms with E-state index >= 15 is 0 Å². The summed E-state index contributed by atoms with van der Waals surface area (Å²) in [5, 5.41) is 8.93. The molecule has 0 radical (unpaired) electrons. The van der Waals surface area contributed by atoms with Gasteiger partial charge in [-0.05, 0) is 36.1 Å². The van der Waals surface area contributed by atoms with Gasteiger partial charge in [0.1, 0.15) is 0 Å². The molecule has 0 aliphatic rings. The van der Waals surface area contributed by atoms with Gasteiger partial charge in [-0.3, -0.25) is 14.8 Å². The first-order valence-electron chi connectivity index (χ1n) is 10.4. The van der Waals surface area contributed by atoms with Crippen LogP contribution in [0.5, 0.6) is 0 Å². The van der Waals surface area contributed by atoms with Crippen molar-refractivity contribution in [2.45, 2.75) is 24.6 Å². The third kappa shape index (κ3) is 5.15. The molecule has 2 N–H and O–H groups in total. The maximum atomic E-state index is 12.6. The normalized spacial score (nSPS) is 13.2. The molecule has 1 atom stereocenters. The average Bonchev–Trinajstić information content (AvgIpc) is 2.82. The Morgan fingerprint density at radius 3 is 2.09 bits per heavy atom. The number of aryl methyl sites for hydroxylation is 1. The second kappa shape index (κ2) is 9.74. The summed E-state index contributed by atoms with van der Waals surface area (Å²) < 4.78 is 23.7. The highest BCUT2D eigenvalue weighted by Gasteiger charge is 2.43. The number of hydroxylamine groups is 1. The molecule has 0 bridgehead atoms. The lowest BCUT2D eigenvalue weighted by molar-refractivity contribution is -0.131. The number of amides is 1. The summed E-state index contributed by atoms with van der Waals surface area (Å²) in [7, 11) is -0.105. The molecule has 34 heavy (non-hydrogen) atoms. The molecule has 2 aromatic heterocycles. The third-order valence-corrected chi connectivity index (χ3v) is 7.84. The molecule has 0 fully saturated rings. The van der Waals surface area contributed by atoms with E-state index < -0.39 is 20.5 Å². The fourth-order valence-electron chi connectivity index (χ4n) is 3.35. The van der Waals surface area contributed by atoms with Gasteiger partial charge >= 0.3 is 0 Å². The van der Waals surface area contributed by atoms with Crippen molar-refractivity contribution in [3.8, 4) is 22.3 Å². The van der Waals surface area contributed by atoms with E-state index in [1.165, 1.54) is 23.0 Å². The Balaban J connectivity index is 1.78. The lowest BCUT2D eigenvalue weighted by Crippen LogP contribution is -2.49. The predicted octanol–water partition coefficient (Wildman–Crippen LogP) is 1.74. The molecule has 1 amide bonds. The summed E-state index contributed by atoms with van der Waals surface area (Å²) in [6.07, 6.45) is 5.79. The number of anilines is 1. The predicted molar refractivity (Wildman–Crippen MR) is 129 cm³/mol. The summed E-state index contributed by atoms with van der Waals surface area (Å²) in [4.78, 5) is 35.1. The minimum absolute atomic E-state index is 0.0159. The van der Waals surface area contributed by atoms with Gasteiger partial charge in [0.15, 0.2) is 14.6 Å². The van der Waals surface area contributed by atoms with Crippen LogP contribution in [-0.2, 0) is 21.2 Å². The second-order valence-electron chi connectivity index (χ2n) is 8.38. The molecule has 10 nitrogen and oxygen atoms in total. The lowest BCUT2D eigenvalue weighted by Gasteiger charge is -2.25. The number of benzene rings is 1. The van der Waals surface area contributed by atoms with Crippen LogP contribution in [0.3, 0.4) is 0 Å². The fourth-order valence-corrected chi connectivity index (χ4v) is 4.19. The van der Waals surface area contributed by atoms with Crippen LogP contribution in [0, 0.1) is 0 Å². The first-order chi connectivity index (χ1) is 16.0. The van der Waals surface area contributed by atoms with E-state index in [-0.39, 0.29) is 18.5 Å². The van der Waals surface area contributed by atoms with Gasteiger partial charge in [0.05, 0.1) is 0 Å². The summed E-state index contributed by atoms with van der Waals surface area (Å²) in [5.41, 5.74) is 4.40. The van der Waals surface area contributed by atoms with Gasteiger partial charge in [-0.25, -0.2) is 23.9 Å². The van der Waals surface area contributed by atoms with Crippen molar-refractivity contribution in [3.63, 3.8) is 0 Å². The topological polar surface area (TPSA) is 134 Å². The van der Waals surface area contributed by atoms with Crippen LogP contribution in [0.15, 0.2) is 59.8 Å². The van der Waals surface area contributed by atoms with Crippen molar-refractivity contribution in [2.24, 2.45) is 0 Å². The smallest absolute Gasteiger partial charge is 0.264 e. The highest BCUT2D eigenvalue weighted by atomic mass is 32.2. The van der Waals surface area contributed by atoms with Gasteiger partial charge in [-0.2, -0.15) is 0 Å². The standard InChI is InChI=1S/C23H27N5O5S/c1-23(21(30)26-31,34(4,32)33)10-12-28-11-9-18(13-20(28)29)16-5-7-17(8-6-16)19-14-24-22(25-15-19)27(2)3/h5-9,11,13-15,31H,10,12H2,1-4H3,(H,26,30)/t23-/m1/s1. The molecule has 0 saturated heterocycles. The number of nitrogens with one attached hydrogen (secondary N) is 1. The summed E-state index contributed by atoms with van der Waals surface area (Å²) in [6.45, 7) is 1.20. The molecule has 0 aliphatic carbocycles. The number of carbonyl (C=O) groups is 1. The van der Waals surface area contributed by atoms with E-state index in [1.807, 2.05) is 43.3 Å². The van der Waals surface area contributed by atoms with Crippen molar-refractivity contribution in [2.75, 3.05) is 25.3 Å². The van der Waals surface area contributed by atoms with E-state index in [1.54, 1.807) is 24.7 Å². The Bertz CT molecular complexity index is 1340. The van der Waals surface area contributed by atoms with Crippen LogP contribution >= 0.6 is 0 Å². The van der Waals surface area contributed by atoms with E-state index in [9.17, 15) is 18.0 Å². The minimum atomic E-state index is -3.84. The Morgan fingerprint density at radius 1 is 1.06 bits per heavy atom. The van der Waals surface area contributed by atoms with Gasteiger partial charge in [0.25, 0.3) is 11.5 Å². The molecule has 3 aromatic rings. The maximum absolute atomic E-state index is 12.6. The van der Waals surface area contributed by atoms with Gasteiger partial charge in [0, 0.05) is 57.1 Å². The summed E-state index contributed by atoms with van der Waals surface area (Å²) >= 11 is 0. The van der Waals surface area contributed by atoms with Crippen LogP contribution in [-0.4, -0.2) is 59.2 Å². The largest absolute Gasteiger partial charge is 0.347 e. The van der Waals surface area contributed by atoms with E-state index in [0.717, 1.165) is 22.9 Å². The number of carbonyl (C=O) groups excluding carboxylic acids is 1. The molecule has 11 heteroatoms. The Hall–Kier alpha value is -3.57. The zero-order valence-electron chi connectivity index (χ0n) is 19.4. The van der Waals surface area contributed by atoms with Gasteiger partial charge in [-0.15, -0.1) is 0 Å². The molecule has 2 heterocycles. The highest BCUT2D eigenvalue weighted by molar-refractivity contribution is 7.92. The van der Waals surface area contributed by atoms with Crippen molar-refractivity contribution in [1.82, 2.24) is 20.0 Å². The van der Waals surface area contributed by atoms with Crippen molar-refractivity contribution in [3.05, 3.63) is 65.3 Å². The van der Waals surface area contributed by atoms with E-state index in [4.69, 9.17) is 5.21 Å². The lowest BCUT2D eigenvalue weighted by atomic mass is 10.0. The van der Waals surface area contributed by atoms with Crippen molar-refractivity contribution < 1.29 is 18.4 Å². The van der Waals surface area contributed by atoms with E-state index in [2.05, 4.69) is 9.97 Å². The van der Waals surface area contributed by atoms with Gasteiger partial charge in [0.2, 0.25) is 5.95 Å². The zero-order valence-corrected chi connectivity index (χ0v) is 20.2. The van der Waals surface area contributed by atoms with Crippen LogP contribution in [0.4, 0.5) is 5.95 Å². The molecular formula is C23H27N5O5S. The monoisotopic (exact) mass is 485 g/mol. The van der Waals surface area contributed by atoms with Gasteiger partial charge in [-0.1, -0.05) is 24.3 Å². The zero-order chi connectivity index (χ0) is 25.1. The quantitative estimate of drug-likeness (QED) is 0.364. The second-order valence-corrected chi connectivity index (χ2v) is 10.8. The Kier molecular flexibility index (Phi) is 7.18. The number of hydrogen-bond acceptors (Lipinski definition) is 8. The van der Waals surface area contributed by atoms with Crippen LogP contribution < -0.4 is 15.9 Å². The number of nitrogens with zero attached hydrogens (tertiary/aromatic N) is 4. The number of hydrogen-bond donors (Lipinski definition) is 2. The van der Waals surface area contributed by atoms with Crippen LogP contribution in [0.1, 0.15) is 13.3 Å². The molecule has 180 valence electrons. The summed E-state index contributed by atoms with van der Waals surface area (Å²) in [6, 6.07) is 10.8. The van der Waals surface area contributed by atoms with Gasteiger partial charge < -0.3 is 9.47 Å². The Morgan fingerprint density at radius 2 is 1.62 bits per heavy atom. The molecule has 0 unspecified atom stereocenters. The molecule has 0 saturated carbocycles. The first-order valence-corrected chi connectivity index (χ1v) is 12.3. The molecule has 3 rings (SSSR count). The highest BCUT2D eigenvalue weighted by Crippen LogP contribution is 2.25. The van der Waals surface area contributed by atoms with Crippen molar-refractivity contribution >= 4 is 21.7 Å². The van der Waals surface area contributed by atoms with Crippen molar-refractivity contribution in [1.29, 1.82) is 0 Å². The fraction of sp³-hybridized carbons (Fsp3) is 0.304. The number of pyridine rings is 1. The third-order valence-electron chi connectivity index (χ3n) is 5.82. The molecule has 0 spiro atoms. The molecule has 1 aromatic carbocycles. The SMILES string of the molecule is CN(C)c1ncc(-c2ccc(-c3ccn(CC[C@](C)(C(=O)NO)S(C)(=O)=O)c(=O)c3)cc2)cn1. The Labute approximate surface area is 197 Å². The van der Waals surface area contributed by atoms with E-state index in [0.29, 0.717) is 11.5 Å². The van der Waals surface area contributed by atoms with Crippen LogP contribution in [0.2, 0.25) is 0 Å². The molecular weight excluding hydrogens is 458 g/mol.